The van der Waals surface area contributed by atoms with Crippen LogP contribution in [0.15, 0.2) is 28.7 Å². The minimum atomic E-state index is -0.884. The quantitative estimate of drug-likeness (QED) is 0.750. The Bertz CT molecular complexity index is 434. The van der Waals surface area contributed by atoms with E-state index in [0.29, 0.717) is 12.1 Å². The van der Waals surface area contributed by atoms with Crippen LogP contribution in [0.1, 0.15) is 19.8 Å². The van der Waals surface area contributed by atoms with Crippen LogP contribution < -0.4 is 10.6 Å². The van der Waals surface area contributed by atoms with Gasteiger partial charge in [0.2, 0.25) is 0 Å². The molecule has 0 radical (unpaired) electrons. The fourth-order valence-corrected chi connectivity index (χ4v) is 1.85. The number of amides is 2. The van der Waals surface area contributed by atoms with E-state index in [1.165, 1.54) is 0 Å². The van der Waals surface area contributed by atoms with Crippen molar-refractivity contribution < 1.29 is 14.7 Å². The Morgan fingerprint density at radius 3 is 2.47 bits per heavy atom. The third-order valence-electron chi connectivity index (χ3n) is 2.60. The maximum Gasteiger partial charge on any atom is 0.319 e. The summed E-state index contributed by atoms with van der Waals surface area (Å²) in [6, 6.07) is 6.73. The summed E-state index contributed by atoms with van der Waals surface area (Å²) in [6.07, 6.45) is 1.32. The van der Waals surface area contributed by atoms with E-state index in [2.05, 4.69) is 26.6 Å². The summed E-state index contributed by atoms with van der Waals surface area (Å²) in [5.41, 5.74) is 0.656. The van der Waals surface area contributed by atoms with Gasteiger partial charge in [0.05, 0.1) is 5.92 Å². The van der Waals surface area contributed by atoms with E-state index in [4.69, 9.17) is 5.11 Å². The average molecular weight is 329 g/mol. The number of carboxylic acid groups (broad SMARTS) is 1. The first-order chi connectivity index (χ1) is 9.02. The molecule has 0 aliphatic heterocycles. The molecule has 0 heterocycles. The Balaban J connectivity index is 2.42. The van der Waals surface area contributed by atoms with Gasteiger partial charge in [-0.05, 0) is 30.7 Å². The molecule has 6 heteroatoms. The number of carbonyl (C=O) groups excluding carboxylic acids is 1. The molecule has 0 fully saturated rings. The molecular formula is C13H17BrN2O3. The number of hydrogen-bond donors (Lipinski definition) is 3. The van der Waals surface area contributed by atoms with Crippen molar-refractivity contribution in [3.8, 4) is 0 Å². The van der Waals surface area contributed by atoms with Crippen LogP contribution >= 0.6 is 15.9 Å². The van der Waals surface area contributed by atoms with E-state index in [1.54, 1.807) is 12.1 Å². The number of nitrogens with one attached hydrogen (secondary N) is 2. The number of benzene rings is 1. The van der Waals surface area contributed by atoms with E-state index in [1.807, 2.05) is 19.1 Å². The normalized spacial score (nSPS) is 11.7. The minimum absolute atomic E-state index is 0.130. The zero-order valence-corrected chi connectivity index (χ0v) is 12.2. The second-order valence-corrected chi connectivity index (χ2v) is 5.08. The van der Waals surface area contributed by atoms with E-state index in [0.717, 1.165) is 10.9 Å². The van der Waals surface area contributed by atoms with Crippen LogP contribution in [0.5, 0.6) is 0 Å². The highest BCUT2D eigenvalue weighted by Gasteiger charge is 2.17. The largest absolute Gasteiger partial charge is 0.481 e. The average Bonchev–Trinajstić information content (AvgIpc) is 2.37. The minimum Gasteiger partial charge on any atom is -0.481 e. The molecule has 2 amide bonds. The van der Waals surface area contributed by atoms with Gasteiger partial charge in [0.1, 0.15) is 0 Å². The third-order valence-corrected chi connectivity index (χ3v) is 3.13. The Labute approximate surface area is 120 Å². The highest BCUT2D eigenvalue weighted by molar-refractivity contribution is 9.10. The number of hydrogen-bond acceptors (Lipinski definition) is 2. The number of carboxylic acids is 1. The molecule has 3 N–H and O–H groups in total. The number of carbonyl (C=O) groups is 2. The molecule has 1 unspecified atom stereocenters. The zero-order valence-electron chi connectivity index (χ0n) is 10.6. The first-order valence-electron chi connectivity index (χ1n) is 6.06. The van der Waals surface area contributed by atoms with Gasteiger partial charge in [-0.2, -0.15) is 0 Å². The number of aliphatic carboxylic acids is 1. The molecule has 0 aliphatic carbocycles. The highest BCUT2D eigenvalue weighted by atomic mass is 79.9. The van der Waals surface area contributed by atoms with Crippen molar-refractivity contribution in [1.29, 1.82) is 0 Å². The van der Waals surface area contributed by atoms with Gasteiger partial charge in [-0.3, -0.25) is 4.79 Å². The van der Waals surface area contributed by atoms with Gasteiger partial charge in [0.15, 0.2) is 0 Å². The third kappa shape index (κ3) is 5.74. The lowest BCUT2D eigenvalue weighted by Gasteiger charge is -2.13. The second kappa shape index (κ2) is 7.78. The molecule has 0 saturated carbocycles. The van der Waals surface area contributed by atoms with E-state index < -0.39 is 17.9 Å². The first kappa shape index (κ1) is 15.5. The van der Waals surface area contributed by atoms with Gasteiger partial charge in [-0.1, -0.05) is 29.3 Å². The van der Waals surface area contributed by atoms with Gasteiger partial charge < -0.3 is 15.7 Å². The van der Waals surface area contributed by atoms with E-state index >= 15 is 0 Å². The molecule has 0 bridgehead atoms. The van der Waals surface area contributed by atoms with Crippen LogP contribution in [-0.4, -0.2) is 23.7 Å². The molecule has 0 aliphatic rings. The molecule has 1 rings (SSSR count). The Kier molecular flexibility index (Phi) is 6.35. The van der Waals surface area contributed by atoms with Gasteiger partial charge in [-0.25, -0.2) is 4.79 Å². The fraction of sp³-hybridized carbons (Fsp3) is 0.385. The zero-order chi connectivity index (χ0) is 14.3. The number of urea groups is 1. The molecular weight excluding hydrogens is 312 g/mol. The smallest absolute Gasteiger partial charge is 0.319 e. The summed E-state index contributed by atoms with van der Waals surface area (Å²) < 4.78 is 0.923. The molecule has 104 valence electrons. The number of anilines is 1. The molecule has 1 atom stereocenters. The van der Waals surface area contributed by atoms with Gasteiger partial charge in [0.25, 0.3) is 0 Å². The van der Waals surface area contributed by atoms with Crippen LogP contribution in [0.2, 0.25) is 0 Å². The molecule has 0 aromatic heterocycles. The number of halogens is 1. The summed E-state index contributed by atoms with van der Waals surface area (Å²) in [5.74, 6) is -1.42. The van der Waals surface area contributed by atoms with Crippen molar-refractivity contribution >= 4 is 33.6 Å². The van der Waals surface area contributed by atoms with Crippen molar-refractivity contribution in [3.63, 3.8) is 0 Å². The van der Waals surface area contributed by atoms with E-state index in [-0.39, 0.29) is 6.54 Å². The molecule has 5 nitrogen and oxygen atoms in total. The van der Waals surface area contributed by atoms with Crippen LogP contribution in [0, 0.1) is 5.92 Å². The van der Waals surface area contributed by atoms with Crippen molar-refractivity contribution in [2.75, 3.05) is 11.9 Å². The number of rotatable bonds is 6. The van der Waals surface area contributed by atoms with Crippen LogP contribution in [0.4, 0.5) is 10.5 Å². The summed E-state index contributed by atoms with van der Waals surface area (Å²) in [6.45, 7) is 2.05. The summed E-state index contributed by atoms with van der Waals surface area (Å²) in [4.78, 5) is 22.5. The van der Waals surface area contributed by atoms with Gasteiger partial charge >= 0.3 is 12.0 Å². The van der Waals surface area contributed by atoms with Crippen LogP contribution in [0.3, 0.4) is 0 Å². The maximum absolute atomic E-state index is 11.6. The predicted molar refractivity (Wildman–Crippen MR) is 77.2 cm³/mol. The summed E-state index contributed by atoms with van der Waals surface area (Å²) in [7, 11) is 0. The lowest BCUT2D eigenvalue weighted by Crippen LogP contribution is -2.35. The van der Waals surface area contributed by atoms with Gasteiger partial charge in [-0.15, -0.1) is 0 Å². The SMILES string of the molecule is CCCC(CNC(=O)Nc1ccc(Br)cc1)C(=O)O. The highest BCUT2D eigenvalue weighted by Crippen LogP contribution is 2.14. The summed E-state index contributed by atoms with van der Waals surface area (Å²) >= 11 is 3.30. The molecule has 1 aromatic carbocycles. The van der Waals surface area contributed by atoms with Crippen molar-refractivity contribution in [3.05, 3.63) is 28.7 Å². The Hall–Kier alpha value is -1.56. The molecule has 0 spiro atoms. The van der Waals surface area contributed by atoms with Gasteiger partial charge in [0, 0.05) is 16.7 Å². The summed E-state index contributed by atoms with van der Waals surface area (Å²) in [5, 5.41) is 14.2. The first-order valence-corrected chi connectivity index (χ1v) is 6.85. The lowest BCUT2D eigenvalue weighted by molar-refractivity contribution is -0.141. The lowest BCUT2D eigenvalue weighted by atomic mass is 10.0. The van der Waals surface area contributed by atoms with E-state index in [9.17, 15) is 9.59 Å². The molecule has 0 saturated heterocycles. The maximum atomic E-state index is 11.6. The van der Waals surface area contributed by atoms with Crippen molar-refractivity contribution in [2.45, 2.75) is 19.8 Å². The molecule has 1 aromatic rings. The van der Waals surface area contributed by atoms with Crippen molar-refractivity contribution in [1.82, 2.24) is 5.32 Å². The Morgan fingerprint density at radius 2 is 1.95 bits per heavy atom. The second-order valence-electron chi connectivity index (χ2n) is 4.17. The molecule has 19 heavy (non-hydrogen) atoms. The fourth-order valence-electron chi connectivity index (χ4n) is 1.59. The van der Waals surface area contributed by atoms with Crippen LogP contribution in [0.25, 0.3) is 0 Å². The monoisotopic (exact) mass is 328 g/mol. The topological polar surface area (TPSA) is 78.4 Å². The standard InChI is InChI=1S/C13H17BrN2O3/c1-2-3-9(12(17)18)8-15-13(19)16-11-6-4-10(14)5-7-11/h4-7,9H,2-3,8H2,1H3,(H,17,18)(H2,15,16,19). The van der Waals surface area contributed by atoms with Crippen LogP contribution in [-0.2, 0) is 4.79 Å². The predicted octanol–water partition coefficient (Wildman–Crippen LogP) is 3.07. The Morgan fingerprint density at radius 1 is 1.32 bits per heavy atom. The van der Waals surface area contributed by atoms with Crippen molar-refractivity contribution in [2.24, 2.45) is 5.92 Å².